The topological polar surface area (TPSA) is 141 Å². The van der Waals surface area contributed by atoms with Crippen molar-refractivity contribution in [2.24, 2.45) is 10.9 Å². The van der Waals surface area contributed by atoms with Crippen LogP contribution in [0, 0.1) is 5.92 Å². The number of rotatable bonds is 7. The predicted molar refractivity (Wildman–Crippen MR) is 131 cm³/mol. The average Bonchev–Trinajstić information content (AvgIpc) is 3.56. The van der Waals surface area contributed by atoms with E-state index in [-0.39, 0.29) is 29.6 Å². The fourth-order valence-electron chi connectivity index (χ4n) is 5.09. The molecule has 2 aliphatic heterocycles. The normalized spacial score (nSPS) is 20.8. The molecule has 2 atom stereocenters. The van der Waals surface area contributed by atoms with Crippen LogP contribution < -0.4 is 10.6 Å². The zero-order valence-electron chi connectivity index (χ0n) is 19.6. The molecule has 1 unspecified atom stereocenters. The number of hydrogen-bond donors (Lipinski definition) is 4. The number of fused-ring (bicyclic) bond motifs is 1. The first kappa shape index (κ1) is 23.6. The molecule has 9 heteroatoms. The van der Waals surface area contributed by atoms with Crippen molar-refractivity contribution in [2.75, 3.05) is 0 Å². The number of Topliss-reactive ketones (excluding diaryl/α,β-unsaturated/α-hetero) is 1. The van der Waals surface area contributed by atoms with E-state index in [0.717, 1.165) is 32.1 Å². The Balaban J connectivity index is 1.37. The van der Waals surface area contributed by atoms with Crippen molar-refractivity contribution in [1.82, 2.24) is 10.6 Å². The number of carbonyl (C=O) groups excluding carboxylic acids is 2. The maximum absolute atomic E-state index is 13.6. The Labute approximate surface area is 207 Å². The number of carbonyl (C=O) groups is 3. The molecule has 5 rings (SSSR count). The lowest BCUT2D eigenvalue weighted by Gasteiger charge is -2.31. The minimum absolute atomic E-state index is 0.00325. The number of phenols is 1. The highest BCUT2D eigenvalue weighted by Crippen LogP contribution is 2.39. The van der Waals surface area contributed by atoms with Crippen LogP contribution >= 0.6 is 0 Å². The summed E-state index contributed by atoms with van der Waals surface area (Å²) in [6.45, 7) is 0. The van der Waals surface area contributed by atoms with Crippen molar-refractivity contribution >= 4 is 29.1 Å². The number of hydrogen-bond acceptors (Lipinski definition) is 7. The van der Waals surface area contributed by atoms with Crippen molar-refractivity contribution in [3.05, 3.63) is 71.3 Å². The Hall–Kier alpha value is -4.14. The van der Waals surface area contributed by atoms with E-state index in [9.17, 15) is 24.6 Å². The van der Waals surface area contributed by atoms with E-state index in [1.807, 2.05) is 0 Å². The summed E-state index contributed by atoms with van der Waals surface area (Å²) in [5, 5.41) is 24.9. The Morgan fingerprint density at radius 2 is 1.89 bits per heavy atom. The van der Waals surface area contributed by atoms with Gasteiger partial charge in [-0.05, 0) is 54.7 Å². The summed E-state index contributed by atoms with van der Waals surface area (Å²) >= 11 is 0. The van der Waals surface area contributed by atoms with E-state index in [2.05, 4.69) is 15.6 Å². The number of nitrogens with one attached hydrogen (secondary N) is 2. The van der Waals surface area contributed by atoms with Gasteiger partial charge in [-0.25, -0.2) is 4.79 Å². The summed E-state index contributed by atoms with van der Waals surface area (Å²) in [4.78, 5) is 42.8. The van der Waals surface area contributed by atoms with E-state index in [1.165, 1.54) is 18.2 Å². The second kappa shape index (κ2) is 9.85. The summed E-state index contributed by atoms with van der Waals surface area (Å²) < 4.78 is 5.61. The first-order valence-corrected chi connectivity index (χ1v) is 12.1. The molecular formula is C27H27N3O6. The van der Waals surface area contributed by atoms with Gasteiger partial charge in [0.25, 0.3) is 5.91 Å². The SMILES string of the molecule is O=C(N[C@@H](Cc1ccc(O)cc1)C(=O)O)C1=NC2C(=O)C(C3CCCCC3)=C(c3ccco3)NC2=C1. The number of furan rings is 1. The Bertz CT molecular complexity index is 1270. The fourth-order valence-corrected chi connectivity index (χ4v) is 5.09. The highest BCUT2D eigenvalue weighted by atomic mass is 16.4. The van der Waals surface area contributed by atoms with Gasteiger partial charge in [0, 0.05) is 12.0 Å². The molecule has 1 saturated carbocycles. The second-order valence-corrected chi connectivity index (χ2v) is 9.34. The number of carboxylic acid groups (broad SMARTS) is 1. The van der Waals surface area contributed by atoms with Gasteiger partial charge in [0.15, 0.2) is 11.8 Å². The maximum Gasteiger partial charge on any atom is 0.326 e. The molecule has 0 saturated heterocycles. The lowest BCUT2D eigenvalue weighted by Crippen LogP contribution is -2.44. The van der Waals surface area contributed by atoms with Gasteiger partial charge in [0.1, 0.15) is 23.3 Å². The Morgan fingerprint density at radius 1 is 1.14 bits per heavy atom. The smallest absolute Gasteiger partial charge is 0.326 e. The molecule has 1 aromatic carbocycles. The third-order valence-corrected chi connectivity index (χ3v) is 6.90. The van der Waals surface area contributed by atoms with Crippen LogP contribution in [0.5, 0.6) is 5.75 Å². The number of carboxylic acids is 1. The number of aliphatic carboxylic acids is 1. The molecule has 9 nitrogen and oxygen atoms in total. The Morgan fingerprint density at radius 3 is 2.56 bits per heavy atom. The number of phenolic OH excluding ortho intramolecular Hbond substituents is 1. The Kier molecular flexibility index (Phi) is 6.45. The first-order valence-electron chi connectivity index (χ1n) is 12.1. The molecule has 0 radical (unpaired) electrons. The van der Waals surface area contributed by atoms with Crippen molar-refractivity contribution < 1.29 is 29.0 Å². The molecule has 0 spiro atoms. The molecule has 1 aliphatic carbocycles. The van der Waals surface area contributed by atoms with Gasteiger partial charge in [-0.1, -0.05) is 31.4 Å². The lowest BCUT2D eigenvalue weighted by atomic mass is 9.78. The molecular weight excluding hydrogens is 462 g/mol. The summed E-state index contributed by atoms with van der Waals surface area (Å²) in [6.07, 6.45) is 8.15. The van der Waals surface area contributed by atoms with E-state index in [0.29, 0.717) is 28.3 Å². The highest BCUT2D eigenvalue weighted by molar-refractivity contribution is 6.45. The molecule has 0 bridgehead atoms. The third kappa shape index (κ3) is 4.68. The summed E-state index contributed by atoms with van der Waals surface area (Å²) in [6, 6.07) is 7.59. The lowest BCUT2D eigenvalue weighted by molar-refractivity contribution is -0.141. The van der Waals surface area contributed by atoms with Gasteiger partial charge in [-0.15, -0.1) is 0 Å². The average molecular weight is 490 g/mol. The molecule has 4 N–H and O–H groups in total. The first-order chi connectivity index (χ1) is 17.4. The van der Waals surface area contributed by atoms with E-state index < -0.39 is 24.0 Å². The summed E-state index contributed by atoms with van der Waals surface area (Å²) in [5.74, 6) is -1.31. The van der Waals surface area contributed by atoms with Crippen LogP contribution in [-0.2, 0) is 20.8 Å². The number of aliphatic imine (C=N–C) groups is 1. The van der Waals surface area contributed by atoms with Gasteiger partial charge in [0.2, 0.25) is 0 Å². The number of benzene rings is 1. The van der Waals surface area contributed by atoms with Crippen molar-refractivity contribution in [2.45, 2.75) is 50.6 Å². The van der Waals surface area contributed by atoms with Crippen LogP contribution in [0.2, 0.25) is 0 Å². The zero-order chi connectivity index (χ0) is 25.2. The molecule has 3 aliphatic rings. The van der Waals surface area contributed by atoms with E-state index >= 15 is 0 Å². The molecule has 3 heterocycles. The monoisotopic (exact) mass is 489 g/mol. The van der Waals surface area contributed by atoms with Gasteiger partial charge < -0.3 is 25.3 Å². The minimum atomic E-state index is -1.20. The number of ketones is 1. The van der Waals surface area contributed by atoms with Crippen LogP contribution in [0.4, 0.5) is 0 Å². The fraction of sp³-hybridized carbons (Fsp3) is 0.333. The van der Waals surface area contributed by atoms with Crippen LogP contribution in [0.15, 0.2) is 69.4 Å². The number of nitrogens with zero attached hydrogens (tertiary/aromatic N) is 1. The molecule has 1 aromatic heterocycles. The summed E-state index contributed by atoms with van der Waals surface area (Å²) in [7, 11) is 0. The maximum atomic E-state index is 13.6. The molecule has 36 heavy (non-hydrogen) atoms. The van der Waals surface area contributed by atoms with Gasteiger partial charge in [-0.2, -0.15) is 0 Å². The standard InChI is InChI=1S/C27H27N3O6/c31-17-10-8-15(9-11-17)13-20(27(34)35)30-26(33)19-14-18-23(29-19)25(32)22(16-5-2-1-3-6-16)24(28-18)21-7-4-12-36-21/h4,7-12,14,16,20,23,28,31H,1-3,5-6,13H2,(H,30,33)(H,34,35)/t20-,23?/m0/s1. The molecule has 2 aromatic rings. The summed E-state index contributed by atoms with van der Waals surface area (Å²) in [5.41, 5.74) is 2.39. The predicted octanol–water partition coefficient (Wildman–Crippen LogP) is 2.97. The van der Waals surface area contributed by atoms with Crippen molar-refractivity contribution in [3.63, 3.8) is 0 Å². The van der Waals surface area contributed by atoms with Gasteiger partial charge in [-0.3, -0.25) is 14.6 Å². The van der Waals surface area contributed by atoms with E-state index in [1.54, 1.807) is 30.5 Å². The van der Waals surface area contributed by atoms with Crippen LogP contribution in [0.3, 0.4) is 0 Å². The van der Waals surface area contributed by atoms with Crippen LogP contribution in [0.25, 0.3) is 5.70 Å². The van der Waals surface area contributed by atoms with Crippen molar-refractivity contribution in [1.29, 1.82) is 0 Å². The van der Waals surface area contributed by atoms with Crippen LogP contribution in [0.1, 0.15) is 43.4 Å². The quantitative estimate of drug-likeness (QED) is 0.469. The van der Waals surface area contributed by atoms with Gasteiger partial charge in [0.05, 0.1) is 17.7 Å². The molecule has 1 amide bonds. The number of aromatic hydroxyl groups is 1. The highest BCUT2D eigenvalue weighted by Gasteiger charge is 2.41. The van der Waals surface area contributed by atoms with Crippen LogP contribution in [-0.4, -0.2) is 45.7 Å². The largest absolute Gasteiger partial charge is 0.508 e. The van der Waals surface area contributed by atoms with E-state index in [4.69, 9.17) is 4.42 Å². The minimum Gasteiger partial charge on any atom is -0.508 e. The molecule has 186 valence electrons. The molecule has 1 fully saturated rings. The third-order valence-electron chi connectivity index (χ3n) is 6.90. The number of amides is 1. The zero-order valence-corrected chi connectivity index (χ0v) is 19.6. The second-order valence-electron chi connectivity index (χ2n) is 9.34. The van der Waals surface area contributed by atoms with Gasteiger partial charge >= 0.3 is 5.97 Å². The van der Waals surface area contributed by atoms with Crippen molar-refractivity contribution in [3.8, 4) is 5.75 Å².